The number of nitrogens with one attached hydrogen (secondary N) is 1. The van der Waals surface area contributed by atoms with Crippen molar-refractivity contribution in [2.75, 3.05) is 11.1 Å². The fraction of sp³-hybridized carbons (Fsp3) is 0.222. The van der Waals surface area contributed by atoms with Gasteiger partial charge in [0.2, 0.25) is 0 Å². The van der Waals surface area contributed by atoms with Gasteiger partial charge in [0.05, 0.1) is 6.20 Å². The van der Waals surface area contributed by atoms with Crippen LogP contribution in [0.2, 0.25) is 0 Å². The first-order chi connectivity index (χ1) is 7.24. The Morgan fingerprint density at radius 1 is 1.47 bits per heavy atom. The molecule has 2 heterocycles. The van der Waals surface area contributed by atoms with E-state index in [0.717, 1.165) is 5.56 Å². The zero-order valence-electron chi connectivity index (χ0n) is 8.38. The quantitative estimate of drug-likeness (QED) is 0.756. The largest absolute Gasteiger partial charge is 0.384 e. The fourth-order valence-corrected chi connectivity index (χ4v) is 1.22. The second-order valence-corrected chi connectivity index (χ2v) is 3.20. The van der Waals surface area contributed by atoms with Gasteiger partial charge in [0.1, 0.15) is 18.0 Å². The first-order valence-electron chi connectivity index (χ1n) is 4.53. The van der Waals surface area contributed by atoms with Crippen LogP contribution < -0.4 is 11.1 Å². The molecule has 0 spiro atoms. The molecule has 6 heteroatoms. The van der Waals surface area contributed by atoms with Gasteiger partial charge in [-0.3, -0.25) is 4.68 Å². The molecule has 0 unspecified atom stereocenters. The fourth-order valence-electron chi connectivity index (χ4n) is 1.22. The maximum absolute atomic E-state index is 5.52. The van der Waals surface area contributed by atoms with Crippen molar-refractivity contribution in [1.82, 2.24) is 19.7 Å². The third-order valence-corrected chi connectivity index (χ3v) is 1.92. The lowest BCUT2D eigenvalue weighted by Gasteiger charge is -2.03. The summed E-state index contributed by atoms with van der Waals surface area (Å²) in [6.07, 6.45) is 5.18. The Morgan fingerprint density at radius 3 is 3.00 bits per heavy atom. The minimum absolute atomic E-state index is 0.457. The van der Waals surface area contributed by atoms with Crippen LogP contribution in [-0.2, 0) is 13.6 Å². The predicted molar refractivity (Wildman–Crippen MR) is 57.0 cm³/mol. The van der Waals surface area contributed by atoms with E-state index in [1.165, 1.54) is 6.33 Å². The number of nitrogens with zero attached hydrogens (tertiary/aromatic N) is 4. The molecule has 78 valence electrons. The average molecular weight is 204 g/mol. The molecule has 2 rings (SSSR count). The molecule has 2 aromatic rings. The number of anilines is 2. The van der Waals surface area contributed by atoms with Crippen molar-refractivity contribution < 1.29 is 0 Å². The zero-order valence-corrected chi connectivity index (χ0v) is 8.38. The van der Waals surface area contributed by atoms with E-state index in [4.69, 9.17) is 5.73 Å². The number of hydrogen-bond acceptors (Lipinski definition) is 5. The summed E-state index contributed by atoms with van der Waals surface area (Å²) in [6, 6.07) is 1.69. The Hall–Kier alpha value is -2.11. The van der Waals surface area contributed by atoms with Gasteiger partial charge in [0, 0.05) is 31.4 Å². The molecule has 0 fully saturated rings. The average Bonchev–Trinajstić information content (AvgIpc) is 2.62. The van der Waals surface area contributed by atoms with Gasteiger partial charge < -0.3 is 11.1 Å². The van der Waals surface area contributed by atoms with Gasteiger partial charge in [0.15, 0.2) is 0 Å². The molecule has 2 aromatic heterocycles. The van der Waals surface area contributed by atoms with Crippen molar-refractivity contribution in [1.29, 1.82) is 0 Å². The molecule has 6 nitrogen and oxygen atoms in total. The summed E-state index contributed by atoms with van der Waals surface area (Å²) in [5.41, 5.74) is 6.62. The molecular weight excluding hydrogens is 192 g/mol. The van der Waals surface area contributed by atoms with E-state index in [1.54, 1.807) is 16.9 Å². The molecule has 0 amide bonds. The first-order valence-corrected chi connectivity index (χ1v) is 4.53. The Labute approximate surface area is 87.2 Å². The van der Waals surface area contributed by atoms with Gasteiger partial charge in [-0.25, -0.2) is 9.97 Å². The van der Waals surface area contributed by atoms with E-state index in [2.05, 4.69) is 20.4 Å². The van der Waals surface area contributed by atoms with E-state index in [9.17, 15) is 0 Å². The van der Waals surface area contributed by atoms with Crippen molar-refractivity contribution >= 4 is 11.6 Å². The number of hydrogen-bond donors (Lipinski definition) is 2. The molecule has 0 aliphatic rings. The number of nitrogen functional groups attached to an aromatic ring is 1. The van der Waals surface area contributed by atoms with Crippen molar-refractivity contribution in [2.24, 2.45) is 7.05 Å². The van der Waals surface area contributed by atoms with Crippen LogP contribution in [0.5, 0.6) is 0 Å². The van der Waals surface area contributed by atoms with E-state index in [1.807, 2.05) is 13.2 Å². The molecule has 0 aliphatic heterocycles. The van der Waals surface area contributed by atoms with Gasteiger partial charge in [0.25, 0.3) is 0 Å². The van der Waals surface area contributed by atoms with E-state index in [0.29, 0.717) is 18.2 Å². The van der Waals surface area contributed by atoms with Crippen LogP contribution >= 0.6 is 0 Å². The van der Waals surface area contributed by atoms with Gasteiger partial charge in [-0.1, -0.05) is 0 Å². The molecule has 0 saturated carbocycles. The van der Waals surface area contributed by atoms with Gasteiger partial charge in [-0.15, -0.1) is 0 Å². The molecule has 0 aliphatic carbocycles. The van der Waals surface area contributed by atoms with E-state index >= 15 is 0 Å². The normalized spacial score (nSPS) is 10.2. The summed E-state index contributed by atoms with van der Waals surface area (Å²) < 4.78 is 1.76. The SMILES string of the molecule is Cn1cc(CNc2cc(N)ncn2)cn1. The third kappa shape index (κ3) is 2.43. The maximum Gasteiger partial charge on any atom is 0.131 e. The zero-order chi connectivity index (χ0) is 10.7. The number of rotatable bonds is 3. The summed E-state index contributed by atoms with van der Waals surface area (Å²) in [6.45, 7) is 0.671. The second-order valence-electron chi connectivity index (χ2n) is 3.20. The van der Waals surface area contributed by atoms with Crippen LogP contribution in [0.15, 0.2) is 24.8 Å². The highest BCUT2D eigenvalue weighted by atomic mass is 15.2. The minimum Gasteiger partial charge on any atom is -0.384 e. The topological polar surface area (TPSA) is 81.7 Å². The standard InChI is InChI=1S/C9H12N6/c1-15-5-7(4-14-15)3-11-9-2-8(10)12-6-13-9/h2,4-6H,3H2,1H3,(H3,10,11,12,13). The number of aryl methyl sites for hydroxylation is 1. The van der Waals surface area contributed by atoms with Gasteiger partial charge in [-0.05, 0) is 0 Å². The molecule has 0 atom stereocenters. The van der Waals surface area contributed by atoms with Crippen molar-refractivity contribution in [2.45, 2.75) is 6.54 Å². The summed E-state index contributed by atoms with van der Waals surface area (Å²) in [4.78, 5) is 7.84. The molecule has 3 N–H and O–H groups in total. The molecule has 0 aromatic carbocycles. The second kappa shape index (κ2) is 3.95. The minimum atomic E-state index is 0.457. The van der Waals surface area contributed by atoms with E-state index < -0.39 is 0 Å². The highest BCUT2D eigenvalue weighted by Gasteiger charge is 1.97. The summed E-state index contributed by atoms with van der Waals surface area (Å²) >= 11 is 0. The van der Waals surface area contributed by atoms with Crippen LogP contribution in [0, 0.1) is 0 Å². The molecule has 15 heavy (non-hydrogen) atoms. The lowest BCUT2D eigenvalue weighted by molar-refractivity contribution is 0.767. The smallest absolute Gasteiger partial charge is 0.131 e. The summed E-state index contributed by atoms with van der Waals surface area (Å²) in [5, 5.41) is 7.20. The highest BCUT2D eigenvalue weighted by Crippen LogP contribution is 2.06. The van der Waals surface area contributed by atoms with Gasteiger partial charge >= 0.3 is 0 Å². The van der Waals surface area contributed by atoms with Gasteiger partial charge in [-0.2, -0.15) is 5.10 Å². The lowest BCUT2D eigenvalue weighted by Crippen LogP contribution is -2.02. The van der Waals surface area contributed by atoms with Crippen LogP contribution in [0.4, 0.5) is 11.6 Å². The molecular formula is C9H12N6. The van der Waals surface area contributed by atoms with Crippen molar-refractivity contribution in [3.8, 4) is 0 Å². The molecule has 0 radical (unpaired) electrons. The van der Waals surface area contributed by atoms with Crippen LogP contribution in [0.3, 0.4) is 0 Å². The Kier molecular flexibility index (Phi) is 2.49. The Morgan fingerprint density at radius 2 is 2.33 bits per heavy atom. The van der Waals surface area contributed by atoms with Crippen molar-refractivity contribution in [3.63, 3.8) is 0 Å². The molecule has 0 saturated heterocycles. The summed E-state index contributed by atoms with van der Waals surface area (Å²) in [7, 11) is 1.88. The number of aromatic nitrogens is 4. The predicted octanol–water partition coefficient (Wildman–Crippen LogP) is 0.404. The third-order valence-electron chi connectivity index (χ3n) is 1.92. The Balaban J connectivity index is 1.99. The van der Waals surface area contributed by atoms with Crippen LogP contribution in [0.1, 0.15) is 5.56 Å². The van der Waals surface area contributed by atoms with Crippen LogP contribution in [0.25, 0.3) is 0 Å². The first kappa shape index (κ1) is 9.45. The lowest BCUT2D eigenvalue weighted by atomic mass is 10.3. The Bertz CT molecular complexity index is 449. The maximum atomic E-state index is 5.52. The summed E-state index contributed by atoms with van der Waals surface area (Å²) in [5.74, 6) is 1.17. The van der Waals surface area contributed by atoms with E-state index in [-0.39, 0.29) is 0 Å². The monoisotopic (exact) mass is 204 g/mol. The highest BCUT2D eigenvalue weighted by molar-refractivity contribution is 5.43. The van der Waals surface area contributed by atoms with Crippen LogP contribution in [-0.4, -0.2) is 19.7 Å². The number of nitrogens with two attached hydrogens (primary N) is 1. The molecule has 0 bridgehead atoms. The van der Waals surface area contributed by atoms with Crippen molar-refractivity contribution in [3.05, 3.63) is 30.4 Å².